The summed E-state index contributed by atoms with van der Waals surface area (Å²) in [6.45, 7) is 3.93. The predicted molar refractivity (Wildman–Crippen MR) is 117 cm³/mol. The Kier molecular flexibility index (Phi) is 4.95. The van der Waals surface area contributed by atoms with Gasteiger partial charge in [0.1, 0.15) is 5.70 Å². The summed E-state index contributed by atoms with van der Waals surface area (Å²) in [4.78, 5) is 27.9. The molecule has 0 aliphatic carbocycles. The summed E-state index contributed by atoms with van der Waals surface area (Å²) < 4.78 is 0. The summed E-state index contributed by atoms with van der Waals surface area (Å²) in [5.41, 5.74) is 4.57. The van der Waals surface area contributed by atoms with Crippen LogP contribution in [0.15, 0.2) is 78.5 Å². The molecule has 0 aromatic heterocycles. The van der Waals surface area contributed by atoms with Gasteiger partial charge in [-0.25, -0.2) is 4.90 Å². The molecule has 3 aromatic rings. The molecule has 0 spiro atoms. The highest BCUT2D eigenvalue weighted by Gasteiger charge is 2.40. The molecule has 0 saturated heterocycles. The topological polar surface area (TPSA) is 49.4 Å². The summed E-state index contributed by atoms with van der Waals surface area (Å²) in [6.07, 6.45) is 0. The molecule has 5 heteroatoms. The number of carbonyl (C=O) groups is 2. The Balaban J connectivity index is 1.85. The van der Waals surface area contributed by atoms with E-state index >= 15 is 0 Å². The SMILES string of the molecule is Cc1ccc(C2=C(Nc3ccccc3C)C(=O)N(c3cccc(Cl)c3)C2=O)cc1. The molecule has 0 saturated carbocycles. The number of amides is 2. The molecule has 0 atom stereocenters. The summed E-state index contributed by atoms with van der Waals surface area (Å²) in [7, 11) is 0. The van der Waals surface area contributed by atoms with Gasteiger partial charge in [0.2, 0.25) is 0 Å². The molecule has 2 amide bonds. The molecule has 0 unspecified atom stereocenters. The first-order valence-electron chi connectivity index (χ1n) is 9.24. The van der Waals surface area contributed by atoms with E-state index in [4.69, 9.17) is 11.6 Å². The van der Waals surface area contributed by atoms with Gasteiger partial charge in [-0.2, -0.15) is 0 Å². The number of anilines is 2. The first-order chi connectivity index (χ1) is 14.0. The van der Waals surface area contributed by atoms with Crippen molar-refractivity contribution < 1.29 is 9.59 Å². The Morgan fingerprint density at radius 1 is 0.828 bits per heavy atom. The number of carbonyl (C=O) groups excluding carboxylic acids is 2. The van der Waals surface area contributed by atoms with Crippen LogP contribution in [-0.2, 0) is 9.59 Å². The minimum absolute atomic E-state index is 0.258. The third kappa shape index (κ3) is 3.55. The molecule has 1 aliphatic rings. The number of rotatable bonds is 4. The van der Waals surface area contributed by atoms with Gasteiger partial charge in [-0.1, -0.05) is 65.7 Å². The van der Waals surface area contributed by atoms with E-state index in [1.807, 2.05) is 62.4 Å². The second-order valence-electron chi connectivity index (χ2n) is 6.98. The Hall–Kier alpha value is -3.37. The van der Waals surface area contributed by atoms with Crippen molar-refractivity contribution in [2.24, 2.45) is 0 Å². The lowest BCUT2D eigenvalue weighted by atomic mass is 10.0. The van der Waals surface area contributed by atoms with Crippen LogP contribution in [0.2, 0.25) is 5.02 Å². The lowest BCUT2D eigenvalue weighted by Crippen LogP contribution is -2.32. The Morgan fingerprint density at radius 2 is 1.55 bits per heavy atom. The van der Waals surface area contributed by atoms with Crippen molar-refractivity contribution in [3.8, 4) is 0 Å². The number of nitrogens with zero attached hydrogens (tertiary/aromatic N) is 1. The van der Waals surface area contributed by atoms with Gasteiger partial charge in [0, 0.05) is 10.7 Å². The molecule has 1 aliphatic heterocycles. The maximum Gasteiger partial charge on any atom is 0.282 e. The maximum atomic E-state index is 13.4. The first kappa shape index (κ1) is 19.0. The minimum Gasteiger partial charge on any atom is -0.350 e. The highest BCUT2D eigenvalue weighted by atomic mass is 35.5. The molecule has 0 radical (unpaired) electrons. The van der Waals surface area contributed by atoms with Crippen LogP contribution in [0.4, 0.5) is 11.4 Å². The van der Waals surface area contributed by atoms with Gasteiger partial charge in [0.25, 0.3) is 11.8 Å². The summed E-state index contributed by atoms with van der Waals surface area (Å²) >= 11 is 6.10. The van der Waals surface area contributed by atoms with Crippen molar-refractivity contribution in [1.82, 2.24) is 0 Å². The molecular weight excluding hydrogens is 384 g/mol. The standard InChI is InChI=1S/C24H19ClN2O2/c1-15-10-12-17(13-11-15)21-22(26-20-9-4-3-6-16(20)2)24(29)27(23(21)28)19-8-5-7-18(25)14-19/h3-14,26H,1-2H3. The van der Waals surface area contributed by atoms with Crippen LogP contribution in [0, 0.1) is 13.8 Å². The largest absolute Gasteiger partial charge is 0.350 e. The third-order valence-corrected chi connectivity index (χ3v) is 5.13. The zero-order chi connectivity index (χ0) is 20.5. The van der Waals surface area contributed by atoms with E-state index in [2.05, 4.69) is 5.32 Å². The molecule has 144 valence electrons. The number of benzene rings is 3. The van der Waals surface area contributed by atoms with Gasteiger partial charge in [0.15, 0.2) is 0 Å². The van der Waals surface area contributed by atoms with E-state index < -0.39 is 5.91 Å². The van der Waals surface area contributed by atoms with Crippen LogP contribution in [0.25, 0.3) is 5.57 Å². The Labute approximate surface area is 174 Å². The predicted octanol–water partition coefficient (Wildman–Crippen LogP) is 5.35. The summed E-state index contributed by atoms with van der Waals surface area (Å²) in [6, 6.07) is 21.9. The van der Waals surface area contributed by atoms with E-state index in [9.17, 15) is 9.59 Å². The number of nitrogens with one attached hydrogen (secondary N) is 1. The van der Waals surface area contributed by atoms with Crippen molar-refractivity contribution in [1.29, 1.82) is 0 Å². The highest BCUT2D eigenvalue weighted by Crippen LogP contribution is 2.35. The third-order valence-electron chi connectivity index (χ3n) is 4.90. The van der Waals surface area contributed by atoms with Crippen molar-refractivity contribution in [3.05, 3.63) is 100 Å². The lowest BCUT2D eigenvalue weighted by molar-refractivity contribution is -0.120. The highest BCUT2D eigenvalue weighted by molar-refractivity contribution is 6.46. The molecule has 0 fully saturated rings. The number of para-hydroxylation sites is 1. The van der Waals surface area contributed by atoms with E-state index in [1.54, 1.807) is 24.3 Å². The molecule has 4 nitrogen and oxygen atoms in total. The molecule has 4 rings (SSSR count). The van der Waals surface area contributed by atoms with Gasteiger partial charge in [-0.05, 0) is 49.2 Å². The van der Waals surface area contributed by atoms with Crippen LogP contribution in [0.3, 0.4) is 0 Å². The van der Waals surface area contributed by atoms with Gasteiger partial charge < -0.3 is 5.32 Å². The van der Waals surface area contributed by atoms with E-state index in [1.165, 1.54) is 4.90 Å². The average Bonchev–Trinajstić information content (AvgIpc) is 2.94. The van der Waals surface area contributed by atoms with Crippen molar-refractivity contribution in [2.75, 3.05) is 10.2 Å². The van der Waals surface area contributed by atoms with Crippen LogP contribution in [0.1, 0.15) is 16.7 Å². The number of hydrogen-bond acceptors (Lipinski definition) is 3. The van der Waals surface area contributed by atoms with Crippen molar-refractivity contribution in [3.63, 3.8) is 0 Å². The molecular formula is C24H19ClN2O2. The van der Waals surface area contributed by atoms with Crippen LogP contribution in [0.5, 0.6) is 0 Å². The molecule has 3 aromatic carbocycles. The number of halogens is 1. The zero-order valence-corrected chi connectivity index (χ0v) is 16.8. The summed E-state index contributed by atoms with van der Waals surface area (Å²) in [5, 5.41) is 3.66. The van der Waals surface area contributed by atoms with Crippen LogP contribution >= 0.6 is 11.6 Å². The average molecular weight is 403 g/mol. The summed E-state index contributed by atoms with van der Waals surface area (Å²) in [5.74, 6) is -0.784. The quantitative estimate of drug-likeness (QED) is 0.598. The first-order valence-corrected chi connectivity index (χ1v) is 9.62. The zero-order valence-electron chi connectivity index (χ0n) is 16.1. The lowest BCUT2D eigenvalue weighted by Gasteiger charge is -2.16. The van der Waals surface area contributed by atoms with Crippen LogP contribution in [-0.4, -0.2) is 11.8 Å². The smallest absolute Gasteiger partial charge is 0.282 e. The van der Waals surface area contributed by atoms with E-state index in [0.717, 1.165) is 16.8 Å². The van der Waals surface area contributed by atoms with Gasteiger partial charge in [0.05, 0.1) is 11.3 Å². The van der Waals surface area contributed by atoms with E-state index in [0.29, 0.717) is 21.8 Å². The fourth-order valence-corrected chi connectivity index (χ4v) is 3.52. The van der Waals surface area contributed by atoms with Gasteiger partial charge in [-0.15, -0.1) is 0 Å². The van der Waals surface area contributed by atoms with Crippen LogP contribution < -0.4 is 10.2 Å². The number of hydrogen-bond donors (Lipinski definition) is 1. The second-order valence-corrected chi connectivity index (χ2v) is 7.42. The molecule has 0 bridgehead atoms. The molecule has 1 heterocycles. The molecule has 1 N–H and O–H groups in total. The molecule has 29 heavy (non-hydrogen) atoms. The fraction of sp³-hybridized carbons (Fsp3) is 0.0833. The van der Waals surface area contributed by atoms with Crippen molar-refractivity contribution in [2.45, 2.75) is 13.8 Å². The number of imide groups is 1. The van der Waals surface area contributed by atoms with Gasteiger partial charge >= 0.3 is 0 Å². The second kappa shape index (κ2) is 7.57. The van der Waals surface area contributed by atoms with Crippen molar-refractivity contribution >= 4 is 40.4 Å². The monoisotopic (exact) mass is 402 g/mol. The number of aryl methyl sites for hydroxylation is 2. The Bertz CT molecular complexity index is 1150. The van der Waals surface area contributed by atoms with Gasteiger partial charge in [-0.3, -0.25) is 9.59 Å². The fourth-order valence-electron chi connectivity index (χ4n) is 3.33. The normalized spacial score (nSPS) is 14.0. The Morgan fingerprint density at radius 3 is 2.24 bits per heavy atom. The minimum atomic E-state index is -0.406. The van der Waals surface area contributed by atoms with E-state index in [-0.39, 0.29) is 11.6 Å². The maximum absolute atomic E-state index is 13.4.